The van der Waals surface area contributed by atoms with Crippen LogP contribution in [-0.2, 0) is 16.0 Å². The van der Waals surface area contributed by atoms with Crippen molar-refractivity contribution >= 4 is 16.8 Å². The zero-order valence-electron chi connectivity index (χ0n) is 18.0. The number of ether oxygens (including phenoxy) is 1. The minimum absolute atomic E-state index is 0.145. The molecule has 4 rings (SSSR count). The van der Waals surface area contributed by atoms with Crippen LogP contribution in [0.4, 0.5) is 0 Å². The summed E-state index contributed by atoms with van der Waals surface area (Å²) in [4.78, 5) is 20.6. The molecule has 1 amide bonds. The van der Waals surface area contributed by atoms with Crippen LogP contribution >= 0.6 is 0 Å². The quantitative estimate of drug-likeness (QED) is 0.769. The number of carbonyl (C=O) groups is 1. The summed E-state index contributed by atoms with van der Waals surface area (Å²) in [6.45, 7) is 8.71. The first-order valence-electron chi connectivity index (χ1n) is 11.4. The van der Waals surface area contributed by atoms with Crippen LogP contribution in [0.15, 0.2) is 30.5 Å². The van der Waals surface area contributed by atoms with E-state index < -0.39 is 0 Å². The number of morpholine rings is 1. The van der Waals surface area contributed by atoms with Crippen molar-refractivity contribution < 1.29 is 9.53 Å². The Morgan fingerprint density at radius 2 is 1.97 bits per heavy atom. The van der Waals surface area contributed by atoms with Gasteiger partial charge in [-0.2, -0.15) is 0 Å². The number of hydrogen-bond donors (Lipinski definition) is 1. The summed E-state index contributed by atoms with van der Waals surface area (Å²) < 4.78 is 6.27. The first-order chi connectivity index (χ1) is 14.2. The number of nitrogens with zero attached hydrogens (tertiary/aromatic N) is 2. The first kappa shape index (κ1) is 20.4. The Morgan fingerprint density at radius 1 is 1.17 bits per heavy atom. The van der Waals surface area contributed by atoms with Gasteiger partial charge >= 0.3 is 0 Å². The van der Waals surface area contributed by atoms with Gasteiger partial charge in [-0.1, -0.05) is 38.5 Å². The smallest absolute Gasteiger partial charge is 0.248 e. The van der Waals surface area contributed by atoms with Gasteiger partial charge in [-0.15, -0.1) is 0 Å². The zero-order valence-corrected chi connectivity index (χ0v) is 18.0. The lowest BCUT2D eigenvalue weighted by molar-refractivity contribution is -0.189. The molecule has 0 saturated carbocycles. The van der Waals surface area contributed by atoms with Crippen LogP contribution in [0.1, 0.15) is 51.5 Å². The number of nitrogens with one attached hydrogen (secondary N) is 1. The fourth-order valence-corrected chi connectivity index (χ4v) is 5.29. The number of likely N-dealkylation sites (tertiary alicyclic amines) is 1. The fourth-order valence-electron chi connectivity index (χ4n) is 5.29. The second kappa shape index (κ2) is 8.88. The molecule has 1 atom stereocenters. The van der Waals surface area contributed by atoms with Crippen molar-refractivity contribution in [2.24, 2.45) is 0 Å². The molecule has 158 valence electrons. The molecular weight excluding hydrogens is 362 g/mol. The predicted octanol–water partition coefficient (Wildman–Crippen LogP) is 3.98. The summed E-state index contributed by atoms with van der Waals surface area (Å²) in [7, 11) is 0. The minimum atomic E-state index is -0.145. The number of fused-ring (bicyclic) bond motifs is 1. The summed E-state index contributed by atoms with van der Waals surface area (Å²) in [5.41, 5.74) is 2.48. The van der Waals surface area contributed by atoms with Crippen LogP contribution in [0.2, 0.25) is 0 Å². The molecule has 0 aliphatic carbocycles. The van der Waals surface area contributed by atoms with Crippen molar-refractivity contribution in [1.29, 1.82) is 0 Å². The van der Waals surface area contributed by atoms with E-state index in [4.69, 9.17) is 4.74 Å². The monoisotopic (exact) mass is 397 g/mol. The average molecular weight is 398 g/mol. The molecule has 1 N–H and O–H groups in total. The highest BCUT2D eigenvalue weighted by Crippen LogP contribution is 2.37. The van der Waals surface area contributed by atoms with Crippen LogP contribution in [0.5, 0.6) is 0 Å². The van der Waals surface area contributed by atoms with Crippen LogP contribution in [0, 0.1) is 0 Å². The fraction of sp³-hybridized carbons (Fsp3) is 0.625. The number of unbranched alkanes of at least 4 members (excludes halogenated alkanes) is 1. The number of rotatable bonds is 7. The number of para-hydroxylation sites is 1. The number of piperidine rings is 1. The maximum atomic E-state index is 12.5. The van der Waals surface area contributed by atoms with Gasteiger partial charge in [-0.25, -0.2) is 0 Å². The van der Waals surface area contributed by atoms with Gasteiger partial charge in [-0.05, 0) is 43.7 Å². The van der Waals surface area contributed by atoms with Crippen molar-refractivity contribution in [1.82, 2.24) is 14.8 Å². The van der Waals surface area contributed by atoms with Gasteiger partial charge in [0.25, 0.3) is 0 Å². The molecular formula is C24H35N3O2. The summed E-state index contributed by atoms with van der Waals surface area (Å²) in [6.07, 6.45) is 8.45. The van der Waals surface area contributed by atoms with Gasteiger partial charge in [0, 0.05) is 43.3 Å². The molecule has 2 aliphatic rings. The van der Waals surface area contributed by atoms with Gasteiger partial charge in [0.15, 0.2) is 0 Å². The molecule has 5 nitrogen and oxygen atoms in total. The number of H-pyrrole nitrogens is 1. The molecule has 2 aliphatic heterocycles. The largest absolute Gasteiger partial charge is 0.363 e. The number of aromatic nitrogens is 1. The molecule has 1 aromatic carbocycles. The Labute approximate surface area is 174 Å². The van der Waals surface area contributed by atoms with Gasteiger partial charge in [0.2, 0.25) is 5.91 Å². The number of amides is 1. The lowest BCUT2D eigenvalue weighted by atomic mass is 9.80. The summed E-state index contributed by atoms with van der Waals surface area (Å²) in [6, 6.07) is 8.76. The standard InChI is InChI=1S/C24H35N3O2/c1-3-5-13-27-22(4-2)24(29-18-23(27)28)11-15-26(16-12-24)14-10-19-17-25-21-9-7-6-8-20(19)21/h6-9,17,22,25H,3-5,10-16,18H2,1-2H3. The van der Waals surface area contributed by atoms with Gasteiger partial charge in [-0.3, -0.25) is 4.79 Å². The molecule has 0 radical (unpaired) electrons. The second-order valence-electron chi connectivity index (χ2n) is 8.67. The second-order valence-corrected chi connectivity index (χ2v) is 8.67. The number of aromatic amines is 1. The third kappa shape index (κ3) is 4.08. The third-order valence-corrected chi connectivity index (χ3v) is 7.00. The Morgan fingerprint density at radius 3 is 2.72 bits per heavy atom. The maximum Gasteiger partial charge on any atom is 0.248 e. The SMILES string of the molecule is CCCCN1C(=O)COC2(CCN(CCc3c[nH]c4ccccc34)CC2)C1CC. The lowest BCUT2D eigenvalue weighted by Gasteiger charge is -2.52. The molecule has 1 unspecified atom stereocenters. The third-order valence-electron chi connectivity index (χ3n) is 7.00. The summed E-state index contributed by atoms with van der Waals surface area (Å²) in [5, 5.41) is 1.34. The Hall–Kier alpha value is -1.85. The van der Waals surface area contributed by atoms with Crippen LogP contribution in [-0.4, -0.2) is 65.1 Å². The highest BCUT2D eigenvalue weighted by Gasteiger charge is 2.48. The van der Waals surface area contributed by atoms with Crippen molar-refractivity contribution in [3.8, 4) is 0 Å². The normalized spacial score (nSPS) is 22.6. The van der Waals surface area contributed by atoms with E-state index in [0.717, 1.165) is 64.7 Å². The van der Waals surface area contributed by atoms with E-state index in [1.165, 1.54) is 16.5 Å². The van der Waals surface area contributed by atoms with E-state index in [1.54, 1.807) is 0 Å². The topological polar surface area (TPSA) is 48.6 Å². The minimum Gasteiger partial charge on any atom is -0.363 e. The molecule has 1 aromatic heterocycles. The Balaban J connectivity index is 1.37. The highest BCUT2D eigenvalue weighted by atomic mass is 16.5. The lowest BCUT2D eigenvalue weighted by Crippen LogP contribution is -2.65. The van der Waals surface area contributed by atoms with Crippen molar-refractivity contribution in [3.05, 3.63) is 36.0 Å². The van der Waals surface area contributed by atoms with Crippen LogP contribution in [0.25, 0.3) is 10.9 Å². The molecule has 5 heteroatoms. The van der Waals surface area contributed by atoms with Gasteiger partial charge in [0.1, 0.15) is 6.61 Å². The molecule has 2 aromatic rings. The van der Waals surface area contributed by atoms with E-state index in [2.05, 4.69) is 59.1 Å². The maximum absolute atomic E-state index is 12.5. The van der Waals surface area contributed by atoms with E-state index in [9.17, 15) is 4.79 Å². The van der Waals surface area contributed by atoms with Gasteiger partial charge < -0.3 is 19.5 Å². The van der Waals surface area contributed by atoms with Crippen molar-refractivity contribution in [2.45, 2.75) is 64.0 Å². The molecule has 3 heterocycles. The van der Waals surface area contributed by atoms with Crippen molar-refractivity contribution in [3.63, 3.8) is 0 Å². The van der Waals surface area contributed by atoms with E-state index in [1.807, 2.05) is 0 Å². The molecule has 1 spiro atoms. The van der Waals surface area contributed by atoms with Crippen molar-refractivity contribution in [2.75, 3.05) is 32.8 Å². The molecule has 0 bridgehead atoms. The van der Waals surface area contributed by atoms with Crippen LogP contribution in [0.3, 0.4) is 0 Å². The highest BCUT2D eigenvalue weighted by molar-refractivity contribution is 5.83. The predicted molar refractivity (Wildman–Crippen MR) is 117 cm³/mol. The number of benzene rings is 1. The zero-order chi connectivity index (χ0) is 20.3. The Kier molecular flexibility index (Phi) is 6.26. The van der Waals surface area contributed by atoms with Gasteiger partial charge in [0.05, 0.1) is 11.6 Å². The first-order valence-corrected chi connectivity index (χ1v) is 11.4. The Bertz CT molecular complexity index is 822. The molecule has 29 heavy (non-hydrogen) atoms. The average Bonchev–Trinajstić information content (AvgIpc) is 3.17. The van der Waals surface area contributed by atoms with E-state index in [0.29, 0.717) is 0 Å². The molecule has 2 saturated heterocycles. The number of carbonyl (C=O) groups excluding carboxylic acids is 1. The summed E-state index contributed by atoms with van der Waals surface area (Å²) in [5.74, 6) is 0.178. The van der Waals surface area contributed by atoms with Crippen LogP contribution < -0.4 is 0 Å². The van der Waals surface area contributed by atoms with E-state index in [-0.39, 0.29) is 24.2 Å². The number of hydrogen-bond acceptors (Lipinski definition) is 3. The molecule has 2 fully saturated rings. The summed E-state index contributed by atoms with van der Waals surface area (Å²) >= 11 is 0. The van der Waals surface area contributed by atoms with E-state index >= 15 is 0 Å².